The fourth-order valence-corrected chi connectivity index (χ4v) is 3.31. The number of aryl methyl sites for hydroxylation is 1. The number of carbonyl (C=O) groups excluding carboxylic acids is 2. The maximum atomic E-state index is 12.0. The Morgan fingerprint density at radius 2 is 2.08 bits per heavy atom. The van der Waals surface area contributed by atoms with Crippen LogP contribution >= 0.6 is 22.7 Å². The Kier molecular flexibility index (Phi) is 5.59. The van der Waals surface area contributed by atoms with Gasteiger partial charge >= 0.3 is 0 Å². The second-order valence-electron chi connectivity index (χ2n) is 5.33. The van der Waals surface area contributed by atoms with Crippen LogP contribution in [0.5, 0.6) is 0 Å². The molecule has 3 rings (SSSR count). The maximum absolute atomic E-state index is 12.0. The average molecular weight is 388 g/mol. The second kappa shape index (κ2) is 8.07. The van der Waals surface area contributed by atoms with Crippen molar-refractivity contribution in [1.29, 1.82) is 0 Å². The number of furan rings is 1. The summed E-state index contributed by atoms with van der Waals surface area (Å²) in [6.45, 7) is 3.68. The molecule has 0 aromatic carbocycles. The van der Waals surface area contributed by atoms with Gasteiger partial charge in [-0.15, -0.1) is 22.7 Å². The minimum absolute atomic E-state index is 0.123. The summed E-state index contributed by atoms with van der Waals surface area (Å²) in [6, 6.07) is 3.56. The van der Waals surface area contributed by atoms with E-state index in [-0.39, 0.29) is 11.8 Å². The Hall–Kier alpha value is -2.78. The largest absolute Gasteiger partial charge is 0.458 e. The van der Waals surface area contributed by atoms with Crippen LogP contribution in [-0.2, 0) is 16.1 Å². The zero-order valence-corrected chi connectivity index (χ0v) is 15.7. The highest BCUT2D eigenvalue weighted by Crippen LogP contribution is 2.26. The van der Waals surface area contributed by atoms with Crippen molar-refractivity contribution in [3.63, 3.8) is 0 Å². The van der Waals surface area contributed by atoms with E-state index < -0.39 is 0 Å². The molecule has 2 N–H and O–H groups in total. The molecule has 134 valence electrons. The first-order valence-corrected chi connectivity index (χ1v) is 9.46. The predicted molar refractivity (Wildman–Crippen MR) is 102 cm³/mol. The van der Waals surface area contributed by atoms with Crippen LogP contribution in [-0.4, -0.2) is 21.8 Å². The van der Waals surface area contributed by atoms with Gasteiger partial charge in [0.05, 0.1) is 17.2 Å². The Balaban J connectivity index is 1.60. The summed E-state index contributed by atoms with van der Waals surface area (Å²) in [5, 5.41) is 10.5. The van der Waals surface area contributed by atoms with E-state index in [4.69, 9.17) is 4.42 Å². The Morgan fingerprint density at radius 3 is 2.81 bits per heavy atom. The van der Waals surface area contributed by atoms with Crippen LogP contribution in [0.1, 0.15) is 23.4 Å². The quantitative estimate of drug-likeness (QED) is 0.630. The molecule has 0 saturated carbocycles. The fourth-order valence-electron chi connectivity index (χ4n) is 2.03. The molecule has 26 heavy (non-hydrogen) atoms. The molecule has 3 aromatic heterocycles. The first-order chi connectivity index (χ1) is 12.5. The van der Waals surface area contributed by atoms with E-state index in [1.54, 1.807) is 23.6 Å². The molecule has 0 saturated heterocycles. The van der Waals surface area contributed by atoms with Gasteiger partial charge in [0.25, 0.3) is 0 Å². The first kappa shape index (κ1) is 18.0. The molecule has 0 fully saturated rings. The number of thiazole rings is 2. The third kappa shape index (κ3) is 4.87. The molecule has 0 radical (unpaired) electrons. The van der Waals surface area contributed by atoms with Gasteiger partial charge in [-0.3, -0.25) is 14.9 Å². The highest BCUT2D eigenvalue weighted by Gasteiger charge is 2.10. The smallest absolute Gasteiger partial charge is 0.250 e. The normalized spacial score (nSPS) is 11.0. The number of anilines is 1. The van der Waals surface area contributed by atoms with E-state index in [0.29, 0.717) is 28.9 Å². The summed E-state index contributed by atoms with van der Waals surface area (Å²) in [5.41, 5.74) is 1.38. The summed E-state index contributed by atoms with van der Waals surface area (Å²) in [6.07, 6.45) is 3.09. The van der Waals surface area contributed by atoms with E-state index in [0.717, 1.165) is 10.7 Å². The van der Waals surface area contributed by atoms with Crippen molar-refractivity contribution in [2.24, 2.45) is 0 Å². The zero-order chi connectivity index (χ0) is 18.5. The van der Waals surface area contributed by atoms with E-state index in [1.165, 1.54) is 35.7 Å². The molecule has 0 atom stereocenters. The zero-order valence-electron chi connectivity index (χ0n) is 14.1. The van der Waals surface area contributed by atoms with Crippen LogP contribution in [0.2, 0.25) is 0 Å². The monoisotopic (exact) mass is 388 g/mol. The lowest BCUT2D eigenvalue weighted by Gasteiger charge is -1.97. The van der Waals surface area contributed by atoms with Gasteiger partial charge in [0.2, 0.25) is 11.8 Å². The topological polar surface area (TPSA) is 97.1 Å². The molecule has 0 aliphatic heterocycles. The molecule has 2 amide bonds. The van der Waals surface area contributed by atoms with E-state index in [2.05, 4.69) is 20.6 Å². The molecule has 0 unspecified atom stereocenters. The van der Waals surface area contributed by atoms with Gasteiger partial charge in [-0.1, -0.05) is 0 Å². The summed E-state index contributed by atoms with van der Waals surface area (Å²) < 4.78 is 5.64. The van der Waals surface area contributed by atoms with Gasteiger partial charge in [0.15, 0.2) is 10.9 Å². The number of hydrogen-bond donors (Lipinski definition) is 2. The highest BCUT2D eigenvalue weighted by atomic mass is 32.1. The molecule has 0 aliphatic rings. The highest BCUT2D eigenvalue weighted by molar-refractivity contribution is 7.14. The van der Waals surface area contributed by atoms with Gasteiger partial charge < -0.3 is 9.73 Å². The third-order valence-corrected chi connectivity index (χ3v) is 4.75. The van der Waals surface area contributed by atoms with Crippen molar-refractivity contribution in [3.8, 4) is 11.5 Å². The number of nitrogens with one attached hydrogen (secondary N) is 2. The van der Waals surface area contributed by atoms with Crippen LogP contribution in [0.4, 0.5) is 5.13 Å². The van der Waals surface area contributed by atoms with Crippen LogP contribution in [0.25, 0.3) is 17.5 Å². The summed E-state index contributed by atoms with van der Waals surface area (Å²) in [5.74, 6) is 0.815. The van der Waals surface area contributed by atoms with Crippen molar-refractivity contribution in [1.82, 2.24) is 15.3 Å². The molecule has 9 heteroatoms. The molecule has 0 spiro atoms. The van der Waals surface area contributed by atoms with Gasteiger partial charge in [-0.2, -0.15) is 0 Å². The number of aromatic nitrogens is 2. The van der Waals surface area contributed by atoms with Gasteiger partial charge in [-0.05, 0) is 25.1 Å². The van der Waals surface area contributed by atoms with Crippen LogP contribution < -0.4 is 10.6 Å². The number of rotatable bonds is 6. The minimum Gasteiger partial charge on any atom is -0.458 e. The lowest BCUT2D eigenvalue weighted by molar-refractivity contribution is -0.119. The second-order valence-corrected chi connectivity index (χ2v) is 7.25. The van der Waals surface area contributed by atoms with E-state index >= 15 is 0 Å². The standard InChI is InChI=1S/C17H16N4O3S2/c1-10(22)18-7-13-4-5-15(24-13)14-9-26-17(20-14)21-16(23)6-3-12-8-25-11(2)19-12/h3-6,8-9H,7H2,1-2H3,(H,18,22)(H,20,21,23)/b6-3+. The lowest BCUT2D eigenvalue weighted by atomic mass is 10.3. The molecule has 3 aromatic rings. The van der Waals surface area contributed by atoms with Crippen LogP contribution in [0.15, 0.2) is 33.4 Å². The van der Waals surface area contributed by atoms with Crippen molar-refractivity contribution < 1.29 is 14.0 Å². The number of hydrogen-bond acceptors (Lipinski definition) is 7. The van der Waals surface area contributed by atoms with Crippen molar-refractivity contribution in [2.45, 2.75) is 20.4 Å². The summed E-state index contributed by atoms with van der Waals surface area (Å²) in [4.78, 5) is 31.5. The molecule has 7 nitrogen and oxygen atoms in total. The first-order valence-electron chi connectivity index (χ1n) is 7.70. The summed E-state index contributed by atoms with van der Waals surface area (Å²) in [7, 11) is 0. The average Bonchev–Trinajstić information content (AvgIpc) is 3.31. The van der Waals surface area contributed by atoms with E-state index in [9.17, 15) is 9.59 Å². The van der Waals surface area contributed by atoms with Crippen molar-refractivity contribution in [2.75, 3.05) is 5.32 Å². The molecular weight excluding hydrogens is 372 g/mol. The third-order valence-electron chi connectivity index (χ3n) is 3.20. The van der Waals surface area contributed by atoms with Crippen LogP contribution in [0.3, 0.4) is 0 Å². The van der Waals surface area contributed by atoms with Crippen molar-refractivity contribution in [3.05, 3.63) is 45.4 Å². The minimum atomic E-state index is -0.276. The molecular formula is C17H16N4O3S2. The number of nitrogens with zero attached hydrogens (tertiary/aromatic N) is 2. The van der Waals surface area contributed by atoms with Gasteiger partial charge in [0, 0.05) is 23.8 Å². The number of amides is 2. The lowest BCUT2D eigenvalue weighted by Crippen LogP contribution is -2.18. The van der Waals surface area contributed by atoms with Gasteiger partial charge in [0.1, 0.15) is 11.5 Å². The maximum Gasteiger partial charge on any atom is 0.250 e. The fraction of sp³-hybridized carbons (Fsp3) is 0.176. The SMILES string of the molecule is CC(=O)NCc1ccc(-c2csc(NC(=O)/C=C/c3csc(C)n3)n2)o1. The molecule has 3 heterocycles. The van der Waals surface area contributed by atoms with Gasteiger partial charge in [-0.25, -0.2) is 9.97 Å². The predicted octanol–water partition coefficient (Wildman–Crippen LogP) is 3.46. The molecule has 0 aliphatic carbocycles. The van der Waals surface area contributed by atoms with E-state index in [1.807, 2.05) is 12.3 Å². The number of carbonyl (C=O) groups is 2. The Bertz CT molecular complexity index is 955. The van der Waals surface area contributed by atoms with Crippen LogP contribution in [0, 0.1) is 6.92 Å². The molecule has 0 bridgehead atoms. The van der Waals surface area contributed by atoms with Crippen molar-refractivity contribution >= 4 is 45.7 Å². The summed E-state index contributed by atoms with van der Waals surface area (Å²) >= 11 is 2.84. The Morgan fingerprint density at radius 1 is 1.23 bits per heavy atom. The Labute approximate surface area is 157 Å².